The predicted molar refractivity (Wildman–Crippen MR) is 81.6 cm³/mol. The second-order valence-corrected chi connectivity index (χ2v) is 5.38. The minimum atomic E-state index is 0.149. The molecule has 0 bridgehead atoms. The Balaban J connectivity index is 1.75. The van der Waals surface area contributed by atoms with Gasteiger partial charge in [0.2, 0.25) is 0 Å². The lowest BCUT2D eigenvalue weighted by atomic mass is 10.2. The van der Waals surface area contributed by atoms with Gasteiger partial charge in [-0.1, -0.05) is 29.5 Å². The lowest BCUT2D eigenvalue weighted by molar-refractivity contribution is 0.373. The number of phenols is 1. The van der Waals surface area contributed by atoms with Crippen molar-refractivity contribution in [1.82, 2.24) is 4.98 Å². The molecule has 0 aliphatic heterocycles. The van der Waals surface area contributed by atoms with Crippen molar-refractivity contribution < 1.29 is 9.84 Å². The number of nitrogens with one attached hydrogen (secondary N) is 1. The molecule has 3 rings (SSSR count). The summed E-state index contributed by atoms with van der Waals surface area (Å²) in [5.74, 6) is 0.629. The summed E-state index contributed by atoms with van der Waals surface area (Å²) >= 11 is 1.63. The summed E-state index contributed by atoms with van der Waals surface area (Å²) in [5, 5.41) is 13.7. The molecule has 0 radical (unpaired) electrons. The van der Waals surface area contributed by atoms with E-state index < -0.39 is 0 Å². The maximum atomic E-state index is 9.56. The SMILES string of the molecule is COc1cc(CNc2nc3ccccc3s2)ccc1O. The minimum Gasteiger partial charge on any atom is -0.504 e. The third kappa shape index (κ3) is 2.53. The van der Waals surface area contributed by atoms with Crippen LogP contribution in [-0.4, -0.2) is 17.2 Å². The molecule has 0 fully saturated rings. The highest BCUT2D eigenvalue weighted by Gasteiger charge is 2.05. The first-order valence-electron chi connectivity index (χ1n) is 6.21. The van der Waals surface area contributed by atoms with Crippen molar-refractivity contribution in [3.8, 4) is 11.5 Å². The van der Waals surface area contributed by atoms with Crippen LogP contribution < -0.4 is 10.1 Å². The normalized spacial score (nSPS) is 10.7. The maximum Gasteiger partial charge on any atom is 0.184 e. The first-order valence-corrected chi connectivity index (χ1v) is 7.03. The van der Waals surface area contributed by atoms with Crippen molar-refractivity contribution in [2.24, 2.45) is 0 Å². The summed E-state index contributed by atoms with van der Waals surface area (Å²) in [6, 6.07) is 13.4. The number of anilines is 1. The van der Waals surface area contributed by atoms with Crippen LogP contribution in [0.3, 0.4) is 0 Å². The van der Waals surface area contributed by atoms with Crippen LogP contribution in [0.4, 0.5) is 5.13 Å². The van der Waals surface area contributed by atoms with E-state index in [0.717, 1.165) is 16.2 Å². The molecule has 1 heterocycles. The molecular formula is C15H14N2O2S. The number of fused-ring (bicyclic) bond motifs is 1. The molecule has 0 aliphatic rings. The van der Waals surface area contributed by atoms with Crippen LogP contribution >= 0.6 is 11.3 Å². The smallest absolute Gasteiger partial charge is 0.184 e. The van der Waals surface area contributed by atoms with E-state index in [-0.39, 0.29) is 5.75 Å². The molecule has 102 valence electrons. The monoisotopic (exact) mass is 286 g/mol. The Morgan fingerprint density at radius 1 is 1.25 bits per heavy atom. The van der Waals surface area contributed by atoms with Crippen LogP contribution in [0.1, 0.15) is 5.56 Å². The molecular weight excluding hydrogens is 272 g/mol. The number of thiazole rings is 1. The molecule has 0 saturated heterocycles. The molecule has 3 aromatic rings. The highest BCUT2D eigenvalue weighted by atomic mass is 32.1. The summed E-state index contributed by atoms with van der Waals surface area (Å²) < 4.78 is 6.26. The van der Waals surface area contributed by atoms with Gasteiger partial charge in [-0.3, -0.25) is 0 Å². The van der Waals surface area contributed by atoms with Gasteiger partial charge < -0.3 is 15.2 Å². The fourth-order valence-electron chi connectivity index (χ4n) is 1.96. The van der Waals surface area contributed by atoms with E-state index in [1.807, 2.05) is 30.3 Å². The summed E-state index contributed by atoms with van der Waals surface area (Å²) in [6.07, 6.45) is 0. The van der Waals surface area contributed by atoms with Crippen LogP contribution in [0, 0.1) is 0 Å². The zero-order valence-corrected chi connectivity index (χ0v) is 11.8. The second kappa shape index (κ2) is 5.38. The van der Waals surface area contributed by atoms with E-state index in [2.05, 4.69) is 16.4 Å². The van der Waals surface area contributed by atoms with Gasteiger partial charge in [-0.25, -0.2) is 4.98 Å². The number of benzene rings is 2. The van der Waals surface area contributed by atoms with Crippen molar-refractivity contribution in [3.63, 3.8) is 0 Å². The fourth-order valence-corrected chi connectivity index (χ4v) is 2.82. The van der Waals surface area contributed by atoms with Crippen molar-refractivity contribution in [2.75, 3.05) is 12.4 Å². The molecule has 0 spiro atoms. The summed E-state index contributed by atoms with van der Waals surface area (Å²) in [5.41, 5.74) is 2.03. The highest BCUT2D eigenvalue weighted by molar-refractivity contribution is 7.22. The standard InChI is InChI=1S/C15H14N2O2S/c1-19-13-8-10(6-7-12(13)18)9-16-15-17-11-4-2-3-5-14(11)20-15/h2-8,18H,9H2,1H3,(H,16,17). The van der Waals surface area contributed by atoms with Crippen LogP contribution in [0.15, 0.2) is 42.5 Å². The summed E-state index contributed by atoms with van der Waals surface area (Å²) in [4.78, 5) is 4.51. The minimum absolute atomic E-state index is 0.149. The number of nitrogens with zero attached hydrogens (tertiary/aromatic N) is 1. The molecule has 0 atom stereocenters. The molecule has 2 aromatic carbocycles. The Morgan fingerprint density at radius 2 is 2.10 bits per heavy atom. The van der Waals surface area contributed by atoms with Crippen molar-refractivity contribution in [1.29, 1.82) is 0 Å². The number of hydrogen-bond donors (Lipinski definition) is 2. The molecule has 0 amide bonds. The Bertz CT molecular complexity index is 707. The number of phenolic OH excluding ortho intramolecular Hbond substituents is 1. The average Bonchev–Trinajstić information content (AvgIpc) is 2.89. The third-order valence-corrected chi connectivity index (χ3v) is 3.98. The largest absolute Gasteiger partial charge is 0.504 e. The zero-order chi connectivity index (χ0) is 13.9. The van der Waals surface area contributed by atoms with Gasteiger partial charge in [0.25, 0.3) is 0 Å². The molecule has 0 saturated carbocycles. The van der Waals surface area contributed by atoms with Gasteiger partial charge in [-0.2, -0.15) is 0 Å². The Kier molecular flexibility index (Phi) is 3.43. The zero-order valence-electron chi connectivity index (χ0n) is 11.0. The molecule has 4 nitrogen and oxygen atoms in total. The Labute approximate surface area is 120 Å². The first-order chi connectivity index (χ1) is 9.76. The van der Waals surface area contributed by atoms with E-state index in [9.17, 15) is 5.11 Å². The lowest BCUT2D eigenvalue weighted by Gasteiger charge is -2.07. The summed E-state index contributed by atoms with van der Waals surface area (Å²) in [7, 11) is 1.54. The molecule has 20 heavy (non-hydrogen) atoms. The van der Waals surface area contributed by atoms with Crippen LogP contribution in [0.5, 0.6) is 11.5 Å². The third-order valence-electron chi connectivity index (χ3n) is 2.98. The van der Waals surface area contributed by atoms with E-state index in [0.29, 0.717) is 12.3 Å². The fraction of sp³-hybridized carbons (Fsp3) is 0.133. The van der Waals surface area contributed by atoms with Gasteiger partial charge in [-0.05, 0) is 29.8 Å². The number of aromatic nitrogens is 1. The van der Waals surface area contributed by atoms with Gasteiger partial charge in [0.15, 0.2) is 16.6 Å². The van der Waals surface area contributed by atoms with Crippen molar-refractivity contribution in [2.45, 2.75) is 6.54 Å². The quantitative estimate of drug-likeness (QED) is 0.769. The summed E-state index contributed by atoms with van der Waals surface area (Å²) in [6.45, 7) is 0.635. The highest BCUT2D eigenvalue weighted by Crippen LogP contribution is 2.28. The number of para-hydroxylation sites is 1. The number of rotatable bonds is 4. The molecule has 1 aromatic heterocycles. The topological polar surface area (TPSA) is 54.4 Å². The Morgan fingerprint density at radius 3 is 2.90 bits per heavy atom. The number of aromatic hydroxyl groups is 1. The van der Waals surface area contributed by atoms with Gasteiger partial charge >= 0.3 is 0 Å². The number of methoxy groups -OCH3 is 1. The number of ether oxygens (including phenoxy) is 1. The molecule has 0 aliphatic carbocycles. The maximum absolute atomic E-state index is 9.56. The van der Waals surface area contributed by atoms with Crippen LogP contribution in [0.25, 0.3) is 10.2 Å². The van der Waals surface area contributed by atoms with E-state index in [1.54, 1.807) is 24.5 Å². The van der Waals surface area contributed by atoms with E-state index in [1.165, 1.54) is 4.70 Å². The lowest BCUT2D eigenvalue weighted by Crippen LogP contribution is -1.99. The predicted octanol–water partition coefficient (Wildman–Crippen LogP) is 3.62. The molecule has 2 N–H and O–H groups in total. The molecule has 5 heteroatoms. The number of hydrogen-bond acceptors (Lipinski definition) is 5. The van der Waals surface area contributed by atoms with Gasteiger partial charge in [0, 0.05) is 6.54 Å². The van der Waals surface area contributed by atoms with Crippen molar-refractivity contribution in [3.05, 3.63) is 48.0 Å². The van der Waals surface area contributed by atoms with Gasteiger partial charge in [0.05, 0.1) is 17.3 Å². The van der Waals surface area contributed by atoms with E-state index in [4.69, 9.17) is 4.74 Å². The van der Waals surface area contributed by atoms with Crippen molar-refractivity contribution >= 4 is 26.7 Å². The Hall–Kier alpha value is -2.27. The van der Waals surface area contributed by atoms with E-state index >= 15 is 0 Å². The van der Waals surface area contributed by atoms with Crippen LogP contribution in [0.2, 0.25) is 0 Å². The van der Waals surface area contributed by atoms with Gasteiger partial charge in [-0.15, -0.1) is 0 Å². The first kappa shape index (κ1) is 12.7. The second-order valence-electron chi connectivity index (χ2n) is 4.35. The average molecular weight is 286 g/mol. The van der Waals surface area contributed by atoms with Crippen LogP contribution in [-0.2, 0) is 6.54 Å². The molecule has 0 unspecified atom stereocenters. The van der Waals surface area contributed by atoms with Gasteiger partial charge in [0.1, 0.15) is 0 Å².